The SMILES string of the molecule is COc1cccc(NC(=O)C(=O)Nc2ccc([N+](=O)[O-])cc2)c1. The Morgan fingerprint density at radius 3 is 2.17 bits per heavy atom. The average Bonchev–Trinajstić information content (AvgIpc) is 2.55. The molecule has 0 aliphatic rings. The zero-order valence-electron chi connectivity index (χ0n) is 12.1. The molecule has 23 heavy (non-hydrogen) atoms. The van der Waals surface area contributed by atoms with E-state index in [-0.39, 0.29) is 11.4 Å². The van der Waals surface area contributed by atoms with Crippen LogP contribution in [0.15, 0.2) is 48.5 Å². The summed E-state index contributed by atoms with van der Waals surface area (Å²) in [6.07, 6.45) is 0. The topological polar surface area (TPSA) is 111 Å². The molecule has 118 valence electrons. The standard InChI is InChI=1S/C15H13N3O5/c1-23-13-4-2-3-11(9-13)17-15(20)14(19)16-10-5-7-12(8-6-10)18(21)22/h2-9H,1H3,(H,16,19)(H,17,20). The molecule has 0 heterocycles. The summed E-state index contributed by atoms with van der Waals surface area (Å²) < 4.78 is 5.02. The minimum atomic E-state index is -0.887. The highest BCUT2D eigenvalue weighted by Gasteiger charge is 2.15. The number of nitrogens with zero attached hydrogens (tertiary/aromatic N) is 1. The number of methoxy groups -OCH3 is 1. The first-order valence-corrected chi connectivity index (χ1v) is 6.50. The van der Waals surface area contributed by atoms with Crippen molar-refractivity contribution in [3.8, 4) is 5.75 Å². The van der Waals surface area contributed by atoms with E-state index >= 15 is 0 Å². The summed E-state index contributed by atoms with van der Waals surface area (Å²) >= 11 is 0. The van der Waals surface area contributed by atoms with Gasteiger partial charge in [-0.2, -0.15) is 0 Å². The highest BCUT2D eigenvalue weighted by Crippen LogP contribution is 2.17. The van der Waals surface area contributed by atoms with Crippen LogP contribution in [0.2, 0.25) is 0 Å². The van der Waals surface area contributed by atoms with Crippen molar-refractivity contribution in [3.05, 3.63) is 58.6 Å². The number of rotatable bonds is 4. The predicted octanol–water partition coefficient (Wildman–Crippen LogP) is 2.18. The molecule has 0 unspecified atom stereocenters. The summed E-state index contributed by atoms with van der Waals surface area (Å²) in [5.41, 5.74) is 0.582. The van der Waals surface area contributed by atoms with E-state index in [0.717, 1.165) is 0 Å². The van der Waals surface area contributed by atoms with Crippen LogP contribution in [0.25, 0.3) is 0 Å². The van der Waals surface area contributed by atoms with Crippen LogP contribution in [0.3, 0.4) is 0 Å². The second-order valence-corrected chi connectivity index (χ2v) is 4.44. The summed E-state index contributed by atoms with van der Waals surface area (Å²) in [4.78, 5) is 33.6. The molecule has 2 amide bonds. The second kappa shape index (κ2) is 7.03. The number of hydrogen-bond acceptors (Lipinski definition) is 5. The second-order valence-electron chi connectivity index (χ2n) is 4.44. The van der Waals surface area contributed by atoms with Crippen LogP contribution in [0.5, 0.6) is 5.75 Å². The molecule has 0 radical (unpaired) electrons. The van der Waals surface area contributed by atoms with Crippen LogP contribution in [0.4, 0.5) is 17.1 Å². The van der Waals surface area contributed by atoms with Crippen molar-refractivity contribution in [3.63, 3.8) is 0 Å². The van der Waals surface area contributed by atoms with Crippen molar-refractivity contribution in [2.24, 2.45) is 0 Å². The van der Waals surface area contributed by atoms with Gasteiger partial charge in [-0.3, -0.25) is 19.7 Å². The van der Waals surface area contributed by atoms with Gasteiger partial charge in [0.25, 0.3) is 5.69 Å². The highest BCUT2D eigenvalue weighted by molar-refractivity contribution is 6.43. The lowest BCUT2D eigenvalue weighted by Gasteiger charge is -2.07. The van der Waals surface area contributed by atoms with Crippen molar-refractivity contribution in [1.29, 1.82) is 0 Å². The molecule has 2 aromatic rings. The molecule has 0 aliphatic carbocycles. The Labute approximate surface area is 131 Å². The van der Waals surface area contributed by atoms with Crippen molar-refractivity contribution in [2.45, 2.75) is 0 Å². The van der Waals surface area contributed by atoms with E-state index in [0.29, 0.717) is 11.4 Å². The molecule has 8 nitrogen and oxygen atoms in total. The minimum absolute atomic E-state index is 0.108. The molecule has 0 bridgehead atoms. The number of carbonyl (C=O) groups excluding carboxylic acids is 2. The zero-order chi connectivity index (χ0) is 16.8. The van der Waals surface area contributed by atoms with E-state index in [1.807, 2.05) is 0 Å². The Kier molecular flexibility index (Phi) is 4.88. The molecule has 2 aromatic carbocycles. The lowest BCUT2D eigenvalue weighted by molar-refractivity contribution is -0.384. The highest BCUT2D eigenvalue weighted by atomic mass is 16.6. The number of benzene rings is 2. The fourth-order valence-corrected chi connectivity index (χ4v) is 1.74. The first kappa shape index (κ1) is 16.0. The summed E-state index contributed by atoms with van der Waals surface area (Å²) in [6.45, 7) is 0. The molecule has 0 saturated carbocycles. The van der Waals surface area contributed by atoms with Crippen LogP contribution in [-0.2, 0) is 9.59 Å². The van der Waals surface area contributed by atoms with E-state index in [1.54, 1.807) is 24.3 Å². The molecule has 0 spiro atoms. The maximum atomic E-state index is 11.8. The molecule has 0 aliphatic heterocycles. The average molecular weight is 315 g/mol. The van der Waals surface area contributed by atoms with Crippen LogP contribution in [0.1, 0.15) is 0 Å². The van der Waals surface area contributed by atoms with Crippen LogP contribution in [0, 0.1) is 10.1 Å². The molecular weight excluding hydrogens is 302 g/mol. The molecule has 0 aromatic heterocycles. The number of nitrogens with one attached hydrogen (secondary N) is 2. The smallest absolute Gasteiger partial charge is 0.314 e. The van der Waals surface area contributed by atoms with Gasteiger partial charge < -0.3 is 15.4 Å². The van der Waals surface area contributed by atoms with Crippen molar-refractivity contribution >= 4 is 28.9 Å². The molecule has 0 saturated heterocycles. The fourth-order valence-electron chi connectivity index (χ4n) is 1.74. The number of non-ortho nitro benzene ring substituents is 1. The van der Waals surface area contributed by atoms with Crippen molar-refractivity contribution in [2.75, 3.05) is 17.7 Å². The van der Waals surface area contributed by atoms with Gasteiger partial charge >= 0.3 is 11.8 Å². The monoisotopic (exact) mass is 315 g/mol. The predicted molar refractivity (Wildman–Crippen MR) is 83.3 cm³/mol. The van der Waals surface area contributed by atoms with Crippen LogP contribution >= 0.6 is 0 Å². The van der Waals surface area contributed by atoms with Gasteiger partial charge in [0.2, 0.25) is 0 Å². The molecule has 8 heteroatoms. The van der Waals surface area contributed by atoms with E-state index in [1.165, 1.54) is 31.4 Å². The van der Waals surface area contributed by atoms with Crippen molar-refractivity contribution < 1.29 is 19.2 Å². The van der Waals surface area contributed by atoms with E-state index < -0.39 is 16.7 Å². The molecule has 0 fully saturated rings. The zero-order valence-corrected chi connectivity index (χ0v) is 12.1. The number of nitro groups is 1. The quantitative estimate of drug-likeness (QED) is 0.510. The number of nitro benzene ring substituents is 1. The third kappa shape index (κ3) is 4.27. The van der Waals surface area contributed by atoms with E-state index in [2.05, 4.69) is 10.6 Å². The van der Waals surface area contributed by atoms with Gasteiger partial charge in [-0.15, -0.1) is 0 Å². The minimum Gasteiger partial charge on any atom is -0.497 e. The first-order chi connectivity index (χ1) is 11.0. The third-order valence-corrected chi connectivity index (χ3v) is 2.87. The molecular formula is C15H13N3O5. The van der Waals surface area contributed by atoms with Crippen LogP contribution < -0.4 is 15.4 Å². The third-order valence-electron chi connectivity index (χ3n) is 2.87. The van der Waals surface area contributed by atoms with E-state index in [4.69, 9.17) is 4.74 Å². The van der Waals surface area contributed by atoms with Gasteiger partial charge in [-0.25, -0.2) is 0 Å². The van der Waals surface area contributed by atoms with Gasteiger partial charge in [0, 0.05) is 29.6 Å². The number of amides is 2. The first-order valence-electron chi connectivity index (χ1n) is 6.50. The van der Waals surface area contributed by atoms with E-state index in [9.17, 15) is 19.7 Å². The normalized spacial score (nSPS) is 9.78. The Hall–Kier alpha value is -3.42. The Balaban J connectivity index is 1.99. The number of hydrogen-bond donors (Lipinski definition) is 2. The maximum Gasteiger partial charge on any atom is 0.314 e. The molecule has 2 N–H and O–H groups in total. The molecule has 2 rings (SSSR count). The summed E-state index contributed by atoms with van der Waals surface area (Å²) in [6, 6.07) is 11.7. The Bertz CT molecular complexity index is 743. The Morgan fingerprint density at radius 2 is 1.61 bits per heavy atom. The largest absolute Gasteiger partial charge is 0.497 e. The lowest BCUT2D eigenvalue weighted by Crippen LogP contribution is -2.29. The van der Waals surface area contributed by atoms with Gasteiger partial charge in [-0.1, -0.05) is 6.07 Å². The Morgan fingerprint density at radius 1 is 1.00 bits per heavy atom. The van der Waals surface area contributed by atoms with Gasteiger partial charge in [0.05, 0.1) is 12.0 Å². The number of carbonyl (C=O) groups is 2. The van der Waals surface area contributed by atoms with Crippen molar-refractivity contribution in [1.82, 2.24) is 0 Å². The van der Waals surface area contributed by atoms with Crippen LogP contribution in [-0.4, -0.2) is 23.8 Å². The molecule has 0 atom stereocenters. The summed E-state index contributed by atoms with van der Waals surface area (Å²) in [5.74, 6) is -1.21. The number of ether oxygens (including phenoxy) is 1. The summed E-state index contributed by atoms with van der Waals surface area (Å²) in [7, 11) is 1.49. The van der Waals surface area contributed by atoms with Gasteiger partial charge in [0.15, 0.2) is 0 Å². The number of anilines is 2. The van der Waals surface area contributed by atoms with Gasteiger partial charge in [0.1, 0.15) is 5.75 Å². The fraction of sp³-hybridized carbons (Fsp3) is 0.0667. The summed E-state index contributed by atoms with van der Waals surface area (Å²) in [5, 5.41) is 15.3. The lowest BCUT2D eigenvalue weighted by atomic mass is 10.2. The maximum absolute atomic E-state index is 11.8. The van der Waals surface area contributed by atoms with Gasteiger partial charge in [-0.05, 0) is 24.3 Å².